The molecule has 0 aromatic carbocycles. The zero-order valence-electron chi connectivity index (χ0n) is 4.26. The van der Waals surface area contributed by atoms with Gasteiger partial charge in [-0.2, -0.15) is 0 Å². The third-order valence-electron chi connectivity index (χ3n) is 0.389. The van der Waals surface area contributed by atoms with E-state index >= 15 is 0 Å². The zero-order valence-corrected chi connectivity index (χ0v) is 6.27. The van der Waals surface area contributed by atoms with Crippen LogP contribution >= 0.6 is 0 Å². The van der Waals surface area contributed by atoms with Gasteiger partial charge in [0.1, 0.15) is 0 Å². The molecule has 0 radical (unpaired) electrons. The fourth-order valence-electron chi connectivity index (χ4n) is 0.171. The Bertz CT molecular complexity index is 158. The summed E-state index contributed by atoms with van der Waals surface area (Å²) in [5.41, 5.74) is 0. The topological polar surface area (TPSA) is 104 Å². The molecular formula is C2H6MoO6. The standard InChI is InChI=1S/C2H5O3.Mo.H2O.2O/c3-1-2(4)5;;;;/h2-4H,1H2;;1H2;;/q-1;+2;;;/p-1. The minimum absolute atomic E-state index is 0.862. The van der Waals surface area contributed by atoms with Gasteiger partial charge in [-0.15, -0.1) is 0 Å². The summed E-state index contributed by atoms with van der Waals surface area (Å²) in [4.78, 5) is 0. The van der Waals surface area contributed by atoms with Crippen molar-refractivity contribution in [1.82, 2.24) is 0 Å². The van der Waals surface area contributed by atoms with Gasteiger partial charge in [0, 0.05) is 0 Å². The third kappa shape index (κ3) is 6.01. The summed E-state index contributed by atoms with van der Waals surface area (Å²) in [6, 6.07) is 0. The number of rotatable bonds is 3. The van der Waals surface area contributed by atoms with Crippen LogP contribution in [0.2, 0.25) is 0 Å². The van der Waals surface area contributed by atoms with Crippen molar-refractivity contribution in [3.05, 3.63) is 0 Å². The first-order valence-electron chi connectivity index (χ1n) is 1.90. The molecule has 0 saturated carbocycles. The van der Waals surface area contributed by atoms with Crippen LogP contribution in [0.1, 0.15) is 0 Å². The van der Waals surface area contributed by atoms with Gasteiger partial charge in [0.15, 0.2) is 0 Å². The maximum atomic E-state index is 9.77. The molecule has 0 saturated heterocycles. The molecule has 7 heteroatoms. The molecule has 1 unspecified atom stereocenters. The van der Waals surface area contributed by atoms with Crippen molar-refractivity contribution in [1.29, 1.82) is 0 Å². The molecule has 0 amide bonds. The first kappa shape index (κ1) is 9.13. The Morgan fingerprint density at radius 1 is 1.56 bits per heavy atom. The summed E-state index contributed by atoms with van der Waals surface area (Å²) in [7, 11) is 0. The van der Waals surface area contributed by atoms with Crippen LogP contribution in [-0.4, -0.2) is 26.9 Å². The summed E-state index contributed by atoms with van der Waals surface area (Å²) in [5.74, 6) is 0. The van der Waals surface area contributed by atoms with E-state index in [0.29, 0.717) is 0 Å². The van der Waals surface area contributed by atoms with E-state index in [0.717, 1.165) is 0 Å². The molecule has 0 aliphatic carbocycles. The van der Waals surface area contributed by atoms with Crippen LogP contribution in [0.25, 0.3) is 0 Å². The van der Waals surface area contributed by atoms with Crippen LogP contribution in [0.3, 0.4) is 0 Å². The molecule has 0 spiro atoms. The molecule has 56 valence electrons. The number of hydrogen-bond donors (Lipinski definition) is 3. The van der Waals surface area contributed by atoms with E-state index in [-0.39, 0.29) is 0 Å². The van der Waals surface area contributed by atoms with E-state index in [1.165, 1.54) is 0 Å². The Labute approximate surface area is 54.4 Å². The van der Waals surface area contributed by atoms with Gasteiger partial charge in [0.25, 0.3) is 0 Å². The van der Waals surface area contributed by atoms with Crippen molar-refractivity contribution < 1.29 is 40.9 Å². The first-order valence-corrected chi connectivity index (χ1v) is 5.26. The molecule has 9 heavy (non-hydrogen) atoms. The molecule has 0 aliphatic heterocycles. The van der Waals surface area contributed by atoms with Gasteiger partial charge in [0.2, 0.25) is 0 Å². The van der Waals surface area contributed by atoms with Crippen molar-refractivity contribution in [2.24, 2.45) is 0 Å². The van der Waals surface area contributed by atoms with Crippen LogP contribution in [0.4, 0.5) is 0 Å². The SMILES string of the molecule is [O]=[Mo](=[O])([OH])[O]C(O)CO. The Balaban J connectivity index is 3.75. The number of hydrogen-bond acceptors (Lipinski definition) is 5. The molecule has 6 nitrogen and oxygen atoms in total. The van der Waals surface area contributed by atoms with Gasteiger partial charge >= 0.3 is 53.8 Å². The van der Waals surface area contributed by atoms with Crippen LogP contribution in [0.15, 0.2) is 0 Å². The average molecular weight is 222 g/mol. The Kier molecular flexibility index (Phi) is 3.38. The Hall–Kier alpha value is 0.128. The molecule has 0 bridgehead atoms. The maximum absolute atomic E-state index is 9.77. The summed E-state index contributed by atoms with van der Waals surface area (Å²) in [6.45, 7) is -0.862. The van der Waals surface area contributed by atoms with Crippen molar-refractivity contribution >= 4 is 0 Å². The zero-order chi connectivity index (χ0) is 7.49. The van der Waals surface area contributed by atoms with Gasteiger partial charge in [-0.05, 0) is 0 Å². The molecule has 0 fully saturated rings. The molecule has 0 heterocycles. The van der Waals surface area contributed by atoms with Gasteiger partial charge in [-0.25, -0.2) is 0 Å². The molecule has 0 aromatic heterocycles. The van der Waals surface area contributed by atoms with Gasteiger partial charge in [-0.1, -0.05) is 0 Å². The van der Waals surface area contributed by atoms with Crippen molar-refractivity contribution in [2.45, 2.75) is 6.29 Å². The molecule has 0 aliphatic rings. The predicted octanol–water partition coefficient (Wildman–Crippen LogP) is -2.02. The van der Waals surface area contributed by atoms with E-state index in [1.807, 2.05) is 0 Å². The van der Waals surface area contributed by atoms with Crippen LogP contribution < -0.4 is 0 Å². The Morgan fingerprint density at radius 3 is 2.11 bits per heavy atom. The fraction of sp³-hybridized carbons (Fsp3) is 1.00. The summed E-state index contributed by atoms with van der Waals surface area (Å²) in [5, 5.41) is 16.2. The molecule has 1 atom stereocenters. The van der Waals surface area contributed by atoms with E-state index in [9.17, 15) is 6.80 Å². The van der Waals surface area contributed by atoms with Gasteiger partial charge < -0.3 is 0 Å². The molecule has 0 aromatic rings. The monoisotopic (exact) mass is 224 g/mol. The summed E-state index contributed by atoms with van der Waals surface area (Å²) < 4.78 is 31.0. The molecular weight excluding hydrogens is 216 g/mol. The van der Waals surface area contributed by atoms with Crippen molar-refractivity contribution in [3.63, 3.8) is 0 Å². The van der Waals surface area contributed by atoms with Gasteiger partial charge in [0.05, 0.1) is 0 Å². The van der Waals surface area contributed by atoms with E-state index in [1.54, 1.807) is 0 Å². The molecule has 0 rings (SSSR count). The second kappa shape index (κ2) is 3.34. The fourth-order valence-corrected chi connectivity index (χ4v) is 1.01. The normalized spacial score (nSPS) is 15.4. The number of aliphatic hydroxyl groups is 2. The summed E-state index contributed by atoms with van der Waals surface area (Å²) >= 11 is -5.62. The van der Waals surface area contributed by atoms with E-state index in [2.05, 4.69) is 3.39 Å². The van der Waals surface area contributed by atoms with Crippen LogP contribution in [-0.2, 0) is 26.9 Å². The van der Waals surface area contributed by atoms with Gasteiger partial charge in [-0.3, -0.25) is 0 Å². The second-order valence-corrected chi connectivity index (χ2v) is 3.74. The Morgan fingerprint density at radius 2 is 2.00 bits per heavy atom. The van der Waals surface area contributed by atoms with E-state index < -0.39 is 29.6 Å². The third-order valence-corrected chi connectivity index (χ3v) is 1.53. The van der Waals surface area contributed by atoms with Crippen molar-refractivity contribution in [2.75, 3.05) is 6.61 Å². The number of aliphatic hydroxyl groups excluding tert-OH is 2. The van der Waals surface area contributed by atoms with E-state index in [4.69, 9.17) is 14.0 Å². The summed E-state index contributed by atoms with van der Waals surface area (Å²) in [6.07, 6.45) is -1.84. The van der Waals surface area contributed by atoms with Crippen LogP contribution in [0, 0.1) is 0 Å². The first-order chi connectivity index (χ1) is 3.95. The predicted molar refractivity (Wildman–Crippen MR) is 17.8 cm³/mol. The quantitative estimate of drug-likeness (QED) is 0.376. The average Bonchev–Trinajstić information content (AvgIpc) is 1.62. The molecule has 3 N–H and O–H groups in total. The van der Waals surface area contributed by atoms with Crippen molar-refractivity contribution in [3.8, 4) is 0 Å². The van der Waals surface area contributed by atoms with Crippen LogP contribution in [0.5, 0.6) is 0 Å². The minimum atomic E-state index is -5.62. The second-order valence-electron chi connectivity index (χ2n) is 1.16.